The van der Waals surface area contributed by atoms with Crippen molar-refractivity contribution in [2.75, 3.05) is 11.9 Å². The summed E-state index contributed by atoms with van der Waals surface area (Å²) in [6.45, 7) is 0.848. The number of carbonyl (C=O) groups excluding carboxylic acids is 2. The number of nitrogens with one attached hydrogen (secondary N) is 1. The molecule has 2 amide bonds. The van der Waals surface area contributed by atoms with Crippen LogP contribution in [0.1, 0.15) is 30.0 Å². The lowest BCUT2D eigenvalue weighted by atomic mass is 9.72. The molecule has 1 N–H and O–H groups in total. The molecule has 2 aliphatic heterocycles. The van der Waals surface area contributed by atoms with E-state index in [9.17, 15) is 14.0 Å². The van der Waals surface area contributed by atoms with Crippen LogP contribution < -0.4 is 5.32 Å². The van der Waals surface area contributed by atoms with Gasteiger partial charge in [-0.1, -0.05) is 30.3 Å². The second-order valence-electron chi connectivity index (χ2n) is 7.67. The van der Waals surface area contributed by atoms with E-state index in [0.29, 0.717) is 19.5 Å². The molecule has 1 spiro atoms. The highest BCUT2D eigenvalue weighted by molar-refractivity contribution is 6.07. The van der Waals surface area contributed by atoms with Crippen LogP contribution in [-0.2, 0) is 21.5 Å². The number of carbonyl (C=O) groups is 2. The van der Waals surface area contributed by atoms with Gasteiger partial charge in [0.1, 0.15) is 23.9 Å². The Bertz CT molecular complexity index is 1100. The maximum absolute atomic E-state index is 13.6. The molecule has 5 rings (SSSR count). The Hall–Kier alpha value is -3.55. The monoisotopic (exact) mass is 405 g/mol. The van der Waals surface area contributed by atoms with E-state index in [1.165, 1.54) is 18.5 Å². The lowest BCUT2D eigenvalue weighted by Gasteiger charge is -2.34. The van der Waals surface area contributed by atoms with Crippen molar-refractivity contribution in [1.29, 1.82) is 0 Å². The van der Waals surface area contributed by atoms with Gasteiger partial charge in [0.05, 0.1) is 12.6 Å². The molecule has 0 radical (unpaired) electrons. The van der Waals surface area contributed by atoms with Gasteiger partial charge in [-0.05, 0) is 35.7 Å². The summed E-state index contributed by atoms with van der Waals surface area (Å²) in [4.78, 5) is 32.1. The fourth-order valence-electron chi connectivity index (χ4n) is 4.77. The predicted molar refractivity (Wildman–Crippen MR) is 107 cm³/mol. The first kappa shape index (κ1) is 18.5. The number of nitrogens with zero attached hydrogens (tertiary/aromatic N) is 4. The van der Waals surface area contributed by atoms with E-state index in [1.54, 1.807) is 28.0 Å². The largest absolute Gasteiger partial charge is 0.334 e. The number of rotatable bonds is 4. The normalized spacial score (nSPS) is 22.4. The van der Waals surface area contributed by atoms with Crippen molar-refractivity contribution in [1.82, 2.24) is 19.7 Å². The van der Waals surface area contributed by atoms with Crippen LogP contribution in [0.25, 0.3) is 0 Å². The zero-order chi connectivity index (χ0) is 20.7. The summed E-state index contributed by atoms with van der Waals surface area (Å²) < 4.78 is 15.2. The molecule has 3 heterocycles. The van der Waals surface area contributed by atoms with Crippen LogP contribution in [0.2, 0.25) is 0 Å². The van der Waals surface area contributed by atoms with Crippen molar-refractivity contribution in [3.05, 3.63) is 78.1 Å². The van der Waals surface area contributed by atoms with Gasteiger partial charge in [0.15, 0.2) is 0 Å². The number of anilines is 1. The fraction of sp³-hybridized carbons (Fsp3) is 0.273. The Morgan fingerprint density at radius 3 is 2.77 bits per heavy atom. The van der Waals surface area contributed by atoms with Crippen molar-refractivity contribution >= 4 is 17.5 Å². The molecule has 0 saturated carbocycles. The van der Waals surface area contributed by atoms with Gasteiger partial charge < -0.3 is 10.2 Å². The molecule has 7 nitrogen and oxygen atoms in total. The molecule has 0 unspecified atom stereocenters. The molecule has 2 aromatic carbocycles. The van der Waals surface area contributed by atoms with E-state index in [1.807, 2.05) is 24.3 Å². The Balaban J connectivity index is 1.54. The van der Waals surface area contributed by atoms with E-state index in [0.717, 1.165) is 16.8 Å². The zero-order valence-electron chi connectivity index (χ0n) is 16.2. The van der Waals surface area contributed by atoms with Crippen LogP contribution in [-0.4, -0.2) is 38.0 Å². The highest BCUT2D eigenvalue weighted by atomic mass is 19.1. The molecule has 1 fully saturated rings. The summed E-state index contributed by atoms with van der Waals surface area (Å²) in [6.07, 6.45) is 3.74. The van der Waals surface area contributed by atoms with Crippen LogP contribution >= 0.6 is 0 Å². The highest BCUT2D eigenvalue weighted by Gasteiger charge is 2.59. The van der Waals surface area contributed by atoms with E-state index in [-0.39, 0.29) is 24.1 Å². The SMILES string of the molecule is O=C(CCn1cncn1)N1CC[C@]2(C(=O)Nc3ccccc32)[C@@H]1c1ccc(F)cc1. The zero-order valence-corrected chi connectivity index (χ0v) is 16.2. The number of benzene rings is 2. The number of hydrogen-bond donors (Lipinski definition) is 1. The number of para-hydroxylation sites is 1. The molecule has 0 aliphatic carbocycles. The minimum Gasteiger partial charge on any atom is -0.334 e. The first-order valence-corrected chi connectivity index (χ1v) is 9.88. The smallest absolute Gasteiger partial charge is 0.237 e. The summed E-state index contributed by atoms with van der Waals surface area (Å²) >= 11 is 0. The molecule has 2 aliphatic rings. The number of hydrogen-bond acceptors (Lipinski definition) is 4. The van der Waals surface area contributed by atoms with Crippen molar-refractivity contribution in [2.45, 2.75) is 30.8 Å². The van der Waals surface area contributed by atoms with Gasteiger partial charge in [0, 0.05) is 18.7 Å². The van der Waals surface area contributed by atoms with Crippen molar-refractivity contribution in [3.8, 4) is 0 Å². The van der Waals surface area contributed by atoms with Gasteiger partial charge in [-0.15, -0.1) is 0 Å². The maximum Gasteiger partial charge on any atom is 0.237 e. The number of aryl methyl sites for hydroxylation is 1. The molecule has 1 saturated heterocycles. The minimum absolute atomic E-state index is 0.0751. The standard InChI is InChI=1S/C22H20FN5O2/c23-16-7-5-15(6-8-16)20-22(17-3-1-2-4-18(17)26-21(22)30)10-12-28(20)19(29)9-11-27-14-24-13-25-27/h1-8,13-14,20H,9-12H2,(H,26,30)/t20-,22+/m0/s1. The second kappa shape index (κ2) is 7.05. The van der Waals surface area contributed by atoms with E-state index >= 15 is 0 Å². The predicted octanol–water partition coefficient (Wildman–Crippen LogP) is 2.67. The molecule has 2 atom stereocenters. The quantitative estimate of drug-likeness (QED) is 0.724. The Kier molecular flexibility index (Phi) is 4.34. The fourth-order valence-corrected chi connectivity index (χ4v) is 4.77. The van der Waals surface area contributed by atoms with Gasteiger partial charge in [0.25, 0.3) is 0 Å². The van der Waals surface area contributed by atoms with E-state index in [2.05, 4.69) is 15.4 Å². The number of likely N-dealkylation sites (tertiary alicyclic amines) is 1. The van der Waals surface area contributed by atoms with Crippen molar-refractivity contribution in [3.63, 3.8) is 0 Å². The van der Waals surface area contributed by atoms with Crippen LogP contribution in [0, 0.1) is 5.82 Å². The van der Waals surface area contributed by atoms with Crippen LogP contribution in [0.3, 0.4) is 0 Å². The molecule has 152 valence electrons. The average molecular weight is 405 g/mol. The number of aromatic nitrogens is 3. The highest BCUT2D eigenvalue weighted by Crippen LogP contribution is 2.54. The average Bonchev–Trinajstić information content (AvgIpc) is 3.47. The molecule has 3 aromatic rings. The lowest BCUT2D eigenvalue weighted by molar-refractivity contribution is -0.133. The summed E-state index contributed by atoms with van der Waals surface area (Å²) in [5.41, 5.74) is 1.51. The second-order valence-corrected chi connectivity index (χ2v) is 7.67. The lowest BCUT2D eigenvalue weighted by Crippen LogP contribution is -2.42. The van der Waals surface area contributed by atoms with Gasteiger partial charge in [-0.3, -0.25) is 14.3 Å². The van der Waals surface area contributed by atoms with E-state index in [4.69, 9.17) is 0 Å². The molecule has 30 heavy (non-hydrogen) atoms. The van der Waals surface area contributed by atoms with Gasteiger partial charge in [-0.2, -0.15) is 5.10 Å². The van der Waals surface area contributed by atoms with Crippen LogP contribution in [0.4, 0.5) is 10.1 Å². The first-order chi connectivity index (χ1) is 14.6. The third-order valence-corrected chi connectivity index (χ3v) is 6.11. The van der Waals surface area contributed by atoms with Crippen LogP contribution in [0.15, 0.2) is 61.2 Å². The van der Waals surface area contributed by atoms with Crippen molar-refractivity contribution < 1.29 is 14.0 Å². The summed E-state index contributed by atoms with van der Waals surface area (Å²) in [5.74, 6) is -0.551. The Morgan fingerprint density at radius 2 is 2.00 bits per heavy atom. The third kappa shape index (κ3) is 2.79. The van der Waals surface area contributed by atoms with Gasteiger partial charge >= 0.3 is 0 Å². The number of halogens is 1. The number of amides is 2. The molecular formula is C22H20FN5O2. The third-order valence-electron chi connectivity index (χ3n) is 6.11. The maximum atomic E-state index is 13.6. The minimum atomic E-state index is -0.892. The van der Waals surface area contributed by atoms with E-state index < -0.39 is 11.5 Å². The van der Waals surface area contributed by atoms with Gasteiger partial charge in [-0.25, -0.2) is 9.37 Å². The summed E-state index contributed by atoms with van der Waals surface area (Å²) in [5, 5.41) is 7.03. The molecule has 8 heteroatoms. The summed E-state index contributed by atoms with van der Waals surface area (Å²) in [7, 11) is 0. The first-order valence-electron chi connectivity index (χ1n) is 9.88. The van der Waals surface area contributed by atoms with Crippen molar-refractivity contribution in [2.24, 2.45) is 0 Å². The van der Waals surface area contributed by atoms with Crippen LogP contribution in [0.5, 0.6) is 0 Å². The summed E-state index contributed by atoms with van der Waals surface area (Å²) in [6, 6.07) is 13.2. The Morgan fingerprint density at radius 1 is 1.20 bits per heavy atom. The molecule has 1 aromatic heterocycles. The topological polar surface area (TPSA) is 80.1 Å². The van der Waals surface area contributed by atoms with Gasteiger partial charge in [0.2, 0.25) is 11.8 Å². The number of fused-ring (bicyclic) bond motifs is 2. The molecular weight excluding hydrogens is 385 g/mol. The Labute approximate surface area is 172 Å². The molecule has 0 bridgehead atoms.